The zero-order valence-electron chi connectivity index (χ0n) is 21.0. The van der Waals surface area contributed by atoms with Gasteiger partial charge in [-0.1, -0.05) is 36.4 Å². The lowest BCUT2D eigenvalue weighted by Crippen LogP contribution is -2.22. The van der Waals surface area contributed by atoms with Gasteiger partial charge in [0.25, 0.3) is 11.8 Å². The van der Waals surface area contributed by atoms with Crippen molar-refractivity contribution in [3.8, 4) is 0 Å². The Bertz CT molecular complexity index is 1040. The molecule has 6 N–H and O–H groups in total. The Kier molecular flexibility index (Phi) is 17.6. The number of nitrogens with two attached hydrogens (primary N) is 2. The predicted octanol–water partition coefficient (Wildman–Crippen LogP) is 10.0. The molecule has 16 heteroatoms. The van der Waals surface area contributed by atoms with E-state index in [4.69, 9.17) is 56.4 Å². The van der Waals surface area contributed by atoms with Crippen LogP contribution in [0.25, 0.3) is 0 Å². The van der Waals surface area contributed by atoms with Gasteiger partial charge in [-0.2, -0.15) is 13.5 Å². The molecule has 0 bridgehead atoms. The molecule has 3 rings (SSSR count). The minimum absolute atomic E-state index is 0.785. The number of nitrogens with zero attached hydrogens (tertiary/aromatic N) is 3. The van der Waals surface area contributed by atoms with Gasteiger partial charge in [0.15, 0.2) is 0 Å². The molecule has 0 radical (unpaired) electrons. The van der Waals surface area contributed by atoms with E-state index in [9.17, 15) is 0 Å². The van der Waals surface area contributed by atoms with Gasteiger partial charge in [0.1, 0.15) is 0 Å². The molecule has 0 atom stereocenters. The van der Waals surface area contributed by atoms with E-state index in [1.54, 1.807) is 0 Å². The van der Waals surface area contributed by atoms with Gasteiger partial charge in [-0.15, -0.1) is 0 Å². The van der Waals surface area contributed by atoms with Crippen LogP contribution in [0.5, 0.6) is 0 Å². The zero-order chi connectivity index (χ0) is 27.7. The van der Waals surface area contributed by atoms with Crippen molar-refractivity contribution in [3.63, 3.8) is 0 Å². The van der Waals surface area contributed by atoms with Crippen LogP contribution in [0.2, 0.25) is 0 Å². The monoisotopic (exact) mass is 695 g/mol. The van der Waals surface area contributed by atoms with E-state index in [0.717, 1.165) is 61.9 Å². The SMILES string of the molecule is ClP1(Cl)=NP(Cl)(Cl)=NP(Sc2ccccc2)(Sc2ccccc2)=N1.NCCCNCCCCNCCCN. The Morgan fingerprint density at radius 3 is 1.37 bits per heavy atom. The molecule has 1 heterocycles. The molecule has 0 fully saturated rings. The molecule has 2 aromatic rings. The largest absolute Gasteiger partial charge is 0.330 e. The van der Waals surface area contributed by atoms with Crippen molar-refractivity contribution in [2.24, 2.45) is 25.0 Å². The second kappa shape index (κ2) is 19.1. The summed E-state index contributed by atoms with van der Waals surface area (Å²) in [6, 6.07) is 19.7. The Morgan fingerprint density at radius 1 is 0.579 bits per heavy atom. The third kappa shape index (κ3) is 15.2. The molecule has 7 nitrogen and oxygen atoms in total. The van der Waals surface area contributed by atoms with Crippen molar-refractivity contribution in [2.45, 2.75) is 35.5 Å². The predicted molar refractivity (Wildman–Crippen MR) is 178 cm³/mol. The molecular formula is C22H36Cl4N7P3S2. The molecule has 0 unspecified atom stereocenters. The zero-order valence-corrected chi connectivity index (χ0v) is 28.4. The average Bonchev–Trinajstić information content (AvgIpc) is 2.85. The molecule has 214 valence electrons. The van der Waals surface area contributed by atoms with E-state index < -0.39 is 17.4 Å². The number of hydrogen-bond acceptors (Lipinski definition) is 9. The van der Waals surface area contributed by atoms with Crippen LogP contribution in [0.4, 0.5) is 0 Å². The minimum Gasteiger partial charge on any atom is -0.330 e. The quantitative estimate of drug-likeness (QED) is 0.109. The van der Waals surface area contributed by atoms with Gasteiger partial charge in [0.05, 0.1) is 0 Å². The third-order valence-corrected chi connectivity index (χ3v) is 22.9. The van der Waals surface area contributed by atoms with Crippen molar-refractivity contribution in [3.05, 3.63) is 60.7 Å². The highest BCUT2D eigenvalue weighted by atomic mass is 35.9. The van der Waals surface area contributed by atoms with Crippen LogP contribution in [-0.2, 0) is 0 Å². The molecule has 38 heavy (non-hydrogen) atoms. The number of hydrogen-bond donors (Lipinski definition) is 4. The maximum Gasteiger partial charge on any atom is 0.257 e. The van der Waals surface area contributed by atoms with Crippen molar-refractivity contribution in [1.29, 1.82) is 0 Å². The van der Waals surface area contributed by atoms with E-state index >= 15 is 0 Å². The first-order chi connectivity index (χ1) is 18.2. The summed E-state index contributed by atoms with van der Waals surface area (Å²) in [4.78, 5) is 2.01. The summed E-state index contributed by atoms with van der Waals surface area (Å²) in [5.74, 6) is -5.92. The fourth-order valence-electron chi connectivity index (χ4n) is 2.99. The van der Waals surface area contributed by atoms with Gasteiger partial charge in [0.2, 0.25) is 5.61 Å². The van der Waals surface area contributed by atoms with E-state index in [-0.39, 0.29) is 0 Å². The highest BCUT2D eigenvalue weighted by Gasteiger charge is 2.35. The van der Waals surface area contributed by atoms with Crippen LogP contribution in [0, 0.1) is 0 Å². The lowest BCUT2D eigenvalue weighted by molar-refractivity contribution is 0.570. The summed E-state index contributed by atoms with van der Waals surface area (Å²) in [7, 11) is 0. The summed E-state index contributed by atoms with van der Waals surface area (Å²) in [5.41, 5.74) is 8.24. The van der Waals surface area contributed by atoms with E-state index in [1.165, 1.54) is 35.6 Å². The summed E-state index contributed by atoms with van der Waals surface area (Å²) in [5, 5.41) is 6.72. The third-order valence-electron chi connectivity index (χ3n) is 4.66. The fourth-order valence-corrected chi connectivity index (χ4v) is 30.0. The highest BCUT2D eigenvalue weighted by Crippen LogP contribution is 2.92. The van der Waals surface area contributed by atoms with Gasteiger partial charge in [-0.05, 0) is 157 Å². The molecule has 0 aromatic heterocycles. The summed E-state index contributed by atoms with van der Waals surface area (Å²) in [6.45, 7) is 5.90. The standard InChI is InChI=1S/C12H10Cl4N3P3S2.C10H26N4/c13-20(14)17-21(15,16)19-22(18-20,23-11-7-3-1-4-8-11)24-12-9-5-2-6-10-12;11-5-3-9-13-7-1-2-8-14-10-4-6-12/h1-10H;13-14H,1-12H2. The lowest BCUT2D eigenvalue weighted by atomic mass is 10.3. The fraction of sp³-hybridized carbons (Fsp3) is 0.455. The smallest absolute Gasteiger partial charge is 0.257 e. The van der Waals surface area contributed by atoms with E-state index in [0.29, 0.717) is 0 Å². The van der Waals surface area contributed by atoms with Crippen LogP contribution in [0.1, 0.15) is 25.7 Å². The second-order valence-electron chi connectivity index (χ2n) is 7.97. The van der Waals surface area contributed by atoms with Gasteiger partial charge in [-0.3, -0.25) is 0 Å². The first-order valence-electron chi connectivity index (χ1n) is 12.2. The number of rotatable bonds is 15. The minimum atomic E-state index is -2.96. The number of halogens is 4. The molecule has 1 aliphatic rings. The molecule has 0 saturated heterocycles. The summed E-state index contributed by atoms with van der Waals surface area (Å²) < 4.78 is 13.3. The van der Waals surface area contributed by atoms with Crippen molar-refractivity contribution >= 4 is 85.2 Å². The highest BCUT2D eigenvalue weighted by molar-refractivity contribution is 8.91. The topological polar surface area (TPSA) is 113 Å². The Labute approximate surface area is 254 Å². The van der Waals surface area contributed by atoms with E-state index in [1.807, 2.05) is 60.7 Å². The molecule has 0 amide bonds. The average molecular weight is 697 g/mol. The van der Waals surface area contributed by atoms with Crippen LogP contribution in [0.3, 0.4) is 0 Å². The molecule has 0 saturated carbocycles. The maximum absolute atomic E-state index is 6.32. The van der Waals surface area contributed by atoms with Gasteiger partial charge < -0.3 is 22.1 Å². The van der Waals surface area contributed by atoms with Crippen molar-refractivity contribution in [2.75, 3.05) is 39.3 Å². The van der Waals surface area contributed by atoms with Gasteiger partial charge >= 0.3 is 0 Å². The Hall–Kier alpha value is 0.830. The van der Waals surface area contributed by atoms with Crippen LogP contribution in [-0.4, -0.2) is 39.3 Å². The molecular weight excluding hydrogens is 661 g/mol. The summed E-state index contributed by atoms with van der Waals surface area (Å²) in [6.07, 6.45) is 4.63. The molecule has 0 spiro atoms. The lowest BCUT2D eigenvalue weighted by Gasteiger charge is -2.25. The molecule has 1 aliphatic heterocycles. The Morgan fingerprint density at radius 2 is 0.974 bits per heavy atom. The Balaban J connectivity index is 0.000000312. The maximum atomic E-state index is 6.32. The van der Waals surface area contributed by atoms with Crippen molar-refractivity contribution < 1.29 is 0 Å². The van der Waals surface area contributed by atoms with Crippen LogP contribution in [0.15, 0.2) is 84.0 Å². The van der Waals surface area contributed by atoms with Crippen LogP contribution >= 0.6 is 85.2 Å². The molecule has 0 aliphatic carbocycles. The first-order valence-corrected chi connectivity index (χ1v) is 23.7. The van der Waals surface area contributed by atoms with E-state index in [2.05, 4.69) is 24.2 Å². The van der Waals surface area contributed by atoms with Gasteiger partial charge in [0, 0.05) is 9.79 Å². The second-order valence-corrected chi connectivity index (χ2v) is 25.8. The normalized spacial score (nSPS) is 16.8. The van der Waals surface area contributed by atoms with Crippen molar-refractivity contribution in [1.82, 2.24) is 10.6 Å². The van der Waals surface area contributed by atoms with Gasteiger partial charge in [-0.25, -0.2) is 0 Å². The number of benzene rings is 2. The number of nitrogens with one attached hydrogen (secondary N) is 2. The summed E-state index contributed by atoms with van der Waals surface area (Å²) >= 11 is 28.3. The first kappa shape index (κ1) is 35.0. The number of unbranched alkanes of at least 4 members (excludes halogenated alkanes) is 1. The molecule has 2 aromatic carbocycles. The van der Waals surface area contributed by atoms with Crippen LogP contribution < -0.4 is 22.1 Å².